The maximum Gasteiger partial charge on any atom is 0.247 e. The Morgan fingerprint density at radius 2 is 1.90 bits per heavy atom. The summed E-state index contributed by atoms with van der Waals surface area (Å²) < 4.78 is 1.71. The molecule has 0 amide bonds. The standard InChI is InChI=1S/C14H22N6/c1-14(2,11-19(3)4)10-15-13-16-17-18-20(13)12-8-6-5-7-9-12/h5-9H,10-11H2,1-4H3,(H,15,16,18). The lowest BCUT2D eigenvalue weighted by Gasteiger charge is -2.28. The summed E-state index contributed by atoms with van der Waals surface area (Å²) >= 11 is 0. The van der Waals surface area contributed by atoms with Crippen molar-refractivity contribution in [2.24, 2.45) is 5.41 Å². The zero-order valence-corrected chi connectivity index (χ0v) is 12.5. The molecule has 0 aliphatic heterocycles. The maximum absolute atomic E-state index is 4.05. The van der Waals surface area contributed by atoms with Gasteiger partial charge in [0.1, 0.15) is 0 Å². The van der Waals surface area contributed by atoms with Crippen LogP contribution >= 0.6 is 0 Å². The number of hydrogen-bond donors (Lipinski definition) is 1. The third-order valence-electron chi connectivity index (χ3n) is 2.94. The molecule has 1 N–H and O–H groups in total. The number of rotatable bonds is 6. The molecule has 0 saturated carbocycles. The second-order valence-electron chi connectivity index (χ2n) is 6.01. The second-order valence-corrected chi connectivity index (χ2v) is 6.01. The highest BCUT2D eigenvalue weighted by Crippen LogP contribution is 2.17. The van der Waals surface area contributed by atoms with E-state index < -0.39 is 0 Å². The first-order chi connectivity index (χ1) is 9.48. The van der Waals surface area contributed by atoms with Crippen LogP contribution in [0.2, 0.25) is 0 Å². The van der Waals surface area contributed by atoms with Crippen molar-refractivity contribution < 1.29 is 0 Å². The zero-order chi connectivity index (χ0) is 14.6. The van der Waals surface area contributed by atoms with E-state index in [9.17, 15) is 0 Å². The van der Waals surface area contributed by atoms with Crippen molar-refractivity contribution in [1.82, 2.24) is 25.1 Å². The van der Waals surface area contributed by atoms with Gasteiger partial charge >= 0.3 is 0 Å². The van der Waals surface area contributed by atoms with Crippen LogP contribution < -0.4 is 5.32 Å². The Hall–Kier alpha value is -1.95. The highest BCUT2D eigenvalue weighted by atomic mass is 15.6. The van der Waals surface area contributed by atoms with Crippen molar-refractivity contribution in [3.05, 3.63) is 30.3 Å². The van der Waals surface area contributed by atoms with Gasteiger partial charge in [-0.1, -0.05) is 37.1 Å². The molecule has 108 valence electrons. The molecule has 0 radical (unpaired) electrons. The molecule has 2 rings (SSSR count). The zero-order valence-electron chi connectivity index (χ0n) is 12.5. The van der Waals surface area contributed by atoms with E-state index in [1.807, 2.05) is 30.3 Å². The summed E-state index contributed by atoms with van der Waals surface area (Å²) in [6, 6.07) is 9.87. The highest BCUT2D eigenvalue weighted by Gasteiger charge is 2.20. The number of nitrogens with one attached hydrogen (secondary N) is 1. The molecule has 0 unspecified atom stereocenters. The quantitative estimate of drug-likeness (QED) is 0.868. The number of hydrogen-bond acceptors (Lipinski definition) is 5. The number of para-hydroxylation sites is 1. The van der Waals surface area contributed by atoms with Crippen molar-refractivity contribution >= 4 is 5.95 Å². The molecule has 0 aliphatic carbocycles. The van der Waals surface area contributed by atoms with Crippen LogP contribution in [0.3, 0.4) is 0 Å². The van der Waals surface area contributed by atoms with Crippen LogP contribution in [0.25, 0.3) is 5.69 Å². The number of anilines is 1. The van der Waals surface area contributed by atoms with Crippen molar-refractivity contribution in [2.45, 2.75) is 13.8 Å². The largest absolute Gasteiger partial charge is 0.352 e. The van der Waals surface area contributed by atoms with Gasteiger partial charge in [0, 0.05) is 13.1 Å². The average molecular weight is 274 g/mol. The Kier molecular flexibility index (Phi) is 4.34. The highest BCUT2D eigenvalue weighted by molar-refractivity contribution is 5.38. The minimum atomic E-state index is 0.136. The molecule has 6 nitrogen and oxygen atoms in total. The summed E-state index contributed by atoms with van der Waals surface area (Å²) in [6.07, 6.45) is 0. The molecule has 0 atom stereocenters. The van der Waals surface area contributed by atoms with Gasteiger partial charge < -0.3 is 10.2 Å². The number of aromatic nitrogens is 4. The predicted molar refractivity (Wildman–Crippen MR) is 80.0 cm³/mol. The first kappa shape index (κ1) is 14.5. The normalized spacial score (nSPS) is 11.8. The van der Waals surface area contributed by atoms with Gasteiger partial charge in [-0.2, -0.15) is 4.68 Å². The van der Waals surface area contributed by atoms with Gasteiger partial charge in [-0.25, -0.2) is 0 Å². The molecule has 2 aromatic rings. The SMILES string of the molecule is CN(C)CC(C)(C)CNc1nnnn1-c1ccccc1. The second kappa shape index (κ2) is 6.00. The van der Waals surface area contributed by atoms with E-state index in [0.29, 0.717) is 5.95 Å². The minimum Gasteiger partial charge on any atom is -0.352 e. The third kappa shape index (κ3) is 3.77. The van der Waals surface area contributed by atoms with E-state index in [1.54, 1.807) is 4.68 Å². The Morgan fingerprint density at radius 3 is 2.55 bits per heavy atom. The van der Waals surface area contributed by atoms with Crippen LogP contribution in [-0.4, -0.2) is 52.3 Å². The summed E-state index contributed by atoms with van der Waals surface area (Å²) in [5, 5.41) is 15.2. The maximum atomic E-state index is 4.05. The molecular weight excluding hydrogens is 252 g/mol. The van der Waals surface area contributed by atoms with Crippen LogP contribution in [0.1, 0.15) is 13.8 Å². The van der Waals surface area contributed by atoms with Crippen LogP contribution in [0.4, 0.5) is 5.95 Å². The molecular formula is C14H22N6. The average Bonchev–Trinajstić information content (AvgIpc) is 2.84. The molecule has 0 spiro atoms. The Bertz CT molecular complexity index is 532. The predicted octanol–water partition coefficient (Wildman–Crippen LogP) is 1.66. The molecule has 0 bridgehead atoms. The van der Waals surface area contributed by atoms with Gasteiger partial charge in [0.15, 0.2) is 0 Å². The Labute approximate surface area is 119 Å². The van der Waals surface area contributed by atoms with E-state index in [4.69, 9.17) is 0 Å². The molecule has 0 fully saturated rings. The lowest BCUT2D eigenvalue weighted by atomic mass is 9.93. The number of nitrogens with zero attached hydrogens (tertiary/aromatic N) is 5. The fourth-order valence-corrected chi connectivity index (χ4v) is 2.27. The van der Waals surface area contributed by atoms with Crippen molar-refractivity contribution in [1.29, 1.82) is 0 Å². The summed E-state index contributed by atoms with van der Waals surface area (Å²) in [6.45, 7) is 6.23. The molecule has 1 aromatic heterocycles. The van der Waals surface area contributed by atoms with Crippen LogP contribution in [-0.2, 0) is 0 Å². The summed E-state index contributed by atoms with van der Waals surface area (Å²) in [7, 11) is 4.16. The third-order valence-corrected chi connectivity index (χ3v) is 2.94. The van der Waals surface area contributed by atoms with Gasteiger partial charge in [0.2, 0.25) is 5.95 Å². The topological polar surface area (TPSA) is 58.9 Å². The lowest BCUT2D eigenvalue weighted by molar-refractivity contribution is 0.253. The first-order valence-electron chi connectivity index (χ1n) is 6.70. The van der Waals surface area contributed by atoms with Gasteiger partial charge in [-0.15, -0.1) is 0 Å². The lowest BCUT2D eigenvalue weighted by Crippen LogP contribution is -2.34. The summed E-state index contributed by atoms with van der Waals surface area (Å²) in [4.78, 5) is 2.18. The van der Waals surface area contributed by atoms with Crippen LogP contribution in [0, 0.1) is 5.41 Å². The van der Waals surface area contributed by atoms with Gasteiger partial charge in [-0.05, 0) is 42.1 Å². The van der Waals surface area contributed by atoms with E-state index in [2.05, 4.69) is 53.7 Å². The number of benzene rings is 1. The monoisotopic (exact) mass is 274 g/mol. The molecule has 1 heterocycles. The smallest absolute Gasteiger partial charge is 0.247 e. The number of tetrazole rings is 1. The van der Waals surface area contributed by atoms with Crippen molar-refractivity contribution in [3.63, 3.8) is 0 Å². The minimum absolute atomic E-state index is 0.136. The van der Waals surface area contributed by atoms with Crippen molar-refractivity contribution in [3.8, 4) is 5.69 Å². The molecule has 1 aromatic carbocycles. The molecule has 20 heavy (non-hydrogen) atoms. The van der Waals surface area contributed by atoms with Crippen molar-refractivity contribution in [2.75, 3.05) is 32.5 Å². The summed E-state index contributed by atoms with van der Waals surface area (Å²) in [5.74, 6) is 0.669. The molecule has 0 aliphatic rings. The fraction of sp³-hybridized carbons (Fsp3) is 0.500. The van der Waals surface area contributed by atoms with E-state index in [1.165, 1.54) is 0 Å². The van der Waals surface area contributed by atoms with E-state index in [0.717, 1.165) is 18.8 Å². The summed E-state index contributed by atoms with van der Waals surface area (Å²) in [5.41, 5.74) is 1.09. The van der Waals surface area contributed by atoms with Gasteiger partial charge in [-0.3, -0.25) is 0 Å². The fourth-order valence-electron chi connectivity index (χ4n) is 2.27. The van der Waals surface area contributed by atoms with Gasteiger partial charge in [0.05, 0.1) is 5.69 Å². The van der Waals surface area contributed by atoms with Crippen LogP contribution in [0.15, 0.2) is 30.3 Å². The first-order valence-corrected chi connectivity index (χ1v) is 6.70. The van der Waals surface area contributed by atoms with Gasteiger partial charge in [0.25, 0.3) is 0 Å². The van der Waals surface area contributed by atoms with E-state index in [-0.39, 0.29) is 5.41 Å². The Balaban J connectivity index is 2.07. The molecule has 0 saturated heterocycles. The van der Waals surface area contributed by atoms with E-state index >= 15 is 0 Å². The molecule has 6 heteroatoms. The Morgan fingerprint density at radius 1 is 1.20 bits per heavy atom. The van der Waals surface area contributed by atoms with Crippen LogP contribution in [0.5, 0.6) is 0 Å².